The van der Waals surface area contributed by atoms with Crippen LogP contribution in [0.3, 0.4) is 0 Å². The van der Waals surface area contributed by atoms with Gasteiger partial charge in [0.25, 0.3) is 0 Å². The van der Waals surface area contributed by atoms with Crippen molar-refractivity contribution in [2.45, 2.75) is 13.3 Å². The van der Waals surface area contributed by atoms with Crippen LogP contribution in [-0.4, -0.2) is 39.6 Å². The molecular formula is C20H20N4O2. The minimum Gasteiger partial charge on any atom is -0.342 e. The summed E-state index contributed by atoms with van der Waals surface area (Å²) in [6, 6.07) is 15.7. The SMILES string of the molecule is CC(=O)N1CC[C@H](C(=O)Nc2ccc(-n3ncc4ccccc43)cc2)C1. The number of nitrogens with one attached hydrogen (secondary N) is 1. The largest absolute Gasteiger partial charge is 0.342 e. The Morgan fingerprint density at radius 2 is 1.88 bits per heavy atom. The van der Waals surface area contributed by atoms with E-state index in [-0.39, 0.29) is 17.7 Å². The molecule has 2 aromatic carbocycles. The molecule has 1 fully saturated rings. The highest BCUT2D eigenvalue weighted by Gasteiger charge is 2.29. The smallest absolute Gasteiger partial charge is 0.229 e. The number of nitrogens with zero attached hydrogens (tertiary/aromatic N) is 3. The van der Waals surface area contributed by atoms with Crippen LogP contribution in [0, 0.1) is 5.92 Å². The molecule has 4 rings (SSSR count). The van der Waals surface area contributed by atoms with E-state index in [4.69, 9.17) is 0 Å². The van der Waals surface area contributed by atoms with E-state index in [0.717, 1.165) is 22.3 Å². The van der Waals surface area contributed by atoms with E-state index >= 15 is 0 Å². The number of aromatic nitrogens is 2. The molecule has 0 radical (unpaired) electrons. The topological polar surface area (TPSA) is 67.2 Å². The molecule has 6 nitrogen and oxygen atoms in total. The molecule has 1 N–H and O–H groups in total. The zero-order chi connectivity index (χ0) is 18.1. The molecule has 1 atom stereocenters. The quantitative estimate of drug-likeness (QED) is 0.791. The Hall–Kier alpha value is -3.15. The first kappa shape index (κ1) is 16.3. The average molecular weight is 348 g/mol. The van der Waals surface area contributed by atoms with Crippen LogP contribution < -0.4 is 5.32 Å². The van der Waals surface area contributed by atoms with E-state index < -0.39 is 0 Å². The Balaban J connectivity index is 1.47. The minimum absolute atomic E-state index is 0.0242. The minimum atomic E-state index is -0.145. The highest BCUT2D eigenvalue weighted by molar-refractivity contribution is 5.93. The summed E-state index contributed by atoms with van der Waals surface area (Å²) in [5.41, 5.74) is 2.73. The van der Waals surface area contributed by atoms with Crippen LogP contribution in [0.15, 0.2) is 54.7 Å². The summed E-state index contributed by atoms with van der Waals surface area (Å²) in [6.45, 7) is 2.69. The van der Waals surface area contributed by atoms with Crippen molar-refractivity contribution >= 4 is 28.4 Å². The summed E-state index contributed by atoms with van der Waals surface area (Å²) >= 11 is 0. The molecule has 1 saturated heterocycles. The van der Waals surface area contributed by atoms with Gasteiger partial charge in [-0.15, -0.1) is 0 Å². The molecule has 1 aliphatic rings. The third-order valence-corrected chi connectivity index (χ3v) is 4.86. The molecule has 2 amide bonds. The molecule has 26 heavy (non-hydrogen) atoms. The van der Waals surface area contributed by atoms with Gasteiger partial charge in [0.1, 0.15) is 0 Å². The van der Waals surface area contributed by atoms with Gasteiger partial charge in [0.2, 0.25) is 11.8 Å². The molecule has 0 aliphatic carbocycles. The van der Waals surface area contributed by atoms with E-state index in [1.807, 2.05) is 59.4 Å². The number of fused-ring (bicyclic) bond motifs is 1. The third-order valence-electron chi connectivity index (χ3n) is 4.86. The first-order chi connectivity index (χ1) is 12.6. The number of carbonyl (C=O) groups excluding carboxylic acids is 2. The van der Waals surface area contributed by atoms with Gasteiger partial charge >= 0.3 is 0 Å². The highest BCUT2D eigenvalue weighted by atomic mass is 16.2. The van der Waals surface area contributed by atoms with Crippen LogP contribution in [0.4, 0.5) is 5.69 Å². The Morgan fingerprint density at radius 3 is 2.62 bits per heavy atom. The number of hydrogen-bond donors (Lipinski definition) is 1. The number of hydrogen-bond acceptors (Lipinski definition) is 3. The van der Waals surface area contributed by atoms with E-state index in [2.05, 4.69) is 10.4 Å². The Morgan fingerprint density at radius 1 is 1.12 bits per heavy atom. The molecule has 0 bridgehead atoms. The lowest BCUT2D eigenvalue weighted by Crippen LogP contribution is -2.29. The lowest BCUT2D eigenvalue weighted by Gasteiger charge is -2.14. The second kappa shape index (κ2) is 6.63. The predicted octanol–water partition coefficient (Wildman–Crippen LogP) is 2.83. The molecular weight excluding hydrogens is 328 g/mol. The number of para-hydroxylation sites is 1. The molecule has 0 saturated carbocycles. The maximum absolute atomic E-state index is 12.4. The Bertz CT molecular complexity index is 961. The van der Waals surface area contributed by atoms with Gasteiger partial charge in [0.15, 0.2) is 0 Å². The van der Waals surface area contributed by atoms with Crippen LogP contribution in [0.25, 0.3) is 16.6 Å². The van der Waals surface area contributed by atoms with Crippen LogP contribution in [0.1, 0.15) is 13.3 Å². The van der Waals surface area contributed by atoms with Crippen LogP contribution in [0.2, 0.25) is 0 Å². The van der Waals surface area contributed by atoms with Gasteiger partial charge < -0.3 is 10.2 Å². The monoisotopic (exact) mass is 348 g/mol. The zero-order valence-corrected chi connectivity index (χ0v) is 14.6. The highest BCUT2D eigenvalue weighted by Crippen LogP contribution is 2.21. The second-order valence-corrected chi connectivity index (χ2v) is 6.60. The fourth-order valence-corrected chi connectivity index (χ4v) is 3.37. The van der Waals surface area contributed by atoms with E-state index in [1.54, 1.807) is 4.90 Å². The van der Waals surface area contributed by atoms with E-state index in [1.165, 1.54) is 6.92 Å². The third kappa shape index (κ3) is 3.06. The second-order valence-electron chi connectivity index (χ2n) is 6.60. The molecule has 0 spiro atoms. The average Bonchev–Trinajstić information content (AvgIpc) is 3.30. The lowest BCUT2D eigenvalue weighted by molar-refractivity contribution is -0.128. The van der Waals surface area contributed by atoms with Gasteiger partial charge in [-0.2, -0.15) is 5.10 Å². The van der Waals surface area contributed by atoms with Crippen LogP contribution >= 0.6 is 0 Å². The fourth-order valence-electron chi connectivity index (χ4n) is 3.37. The fraction of sp³-hybridized carbons (Fsp3) is 0.250. The van der Waals surface area contributed by atoms with Crippen molar-refractivity contribution in [1.82, 2.24) is 14.7 Å². The Labute approximate surface area is 151 Å². The number of rotatable bonds is 3. The van der Waals surface area contributed by atoms with Crippen LogP contribution in [-0.2, 0) is 9.59 Å². The van der Waals surface area contributed by atoms with Crippen molar-refractivity contribution in [2.24, 2.45) is 5.92 Å². The number of carbonyl (C=O) groups is 2. The summed E-state index contributed by atoms with van der Waals surface area (Å²) < 4.78 is 1.88. The van der Waals surface area contributed by atoms with Crippen molar-refractivity contribution in [2.75, 3.05) is 18.4 Å². The molecule has 1 aromatic heterocycles. The van der Waals surface area contributed by atoms with Gasteiger partial charge in [-0.05, 0) is 36.8 Å². The van der Waals surface area contributed by atoms with Crippen LogP contribution in [0.5, 0.6) is 0 Å². The number of amides is 2. The molecule has 3 aromatic rings. The molecule has 1 aliphatic heterocycles. The Kier molecular flexibility index (Phi) is 4.16. The van der Waals surface area contributed by atoms with Gasteiger partial charge in [-0.25, -0.2) is 4.68 Å². The van der Waals surface area contributed by atoms with E-state index in [9.17, 15) is 9.59 Å². The normalized spacial score (nSPS) is 16.8. The molecule has 0 unspecified atom stereocenters. The number of benzene rings is 2. The standard InChI is InChI=1S/C20H20N4O2/c1-14(25)23-11-10-16(13-23)20(26)22-17-6-8-18(9-7-17)24-19-5-3-2-4-15(19)12-21-24/h2-9,12,16H,10-11,13H2,1H3,(H,22,26)/t16-/m0/s1. The first-order valence-electron chi connectivity index (χ1n) is 8.71. The van der Waals surface area contributed by atoms with Gasteiger partial charge in [0, 0.05) is 31.1 Å². The number of likely N-dealkylation sites (tertiary alicyclic amines) is 1. The zero-order valence-electron chi connectivity index (χ0n) is 14.6. The summed E-state index contributed by atoms with van der Waals surface area (Å²) in [6.07, 6.45) is 2.55. The summed E-state index contributed by atoms with van der Waals surface area (Å²) in [5.74, 6) is -0.157. The van der Waals surface area contributed by atoms with Gasteiger partial charge in [-0.3, -0.25) is 9.59 Å². The molecule has 132 valence electrons. The van der Waals surface area contributed by atoms with Crippen molar-refractivity contribution in [1.29, 1.82) is 0 Å². The maximum atomic E-state index is 12.4. The summed E-state index contributed by atoms with van der Waals surface area (Å²) in [5, 5.41) is 8.47. The lowest BCUT2D eigenvalue weighted by atomic mass is 10.1. The summed E-state index contributed by atoms with van der Waals surface area (Å²) in [7, 11) is 0. The van der Waals surface area contributed by atoms with Crippen molar-refractivity contribution < 1.29 is 9.59 Å². The maximum Gasteiger partial charge on any atom is 0.229 e. The van der Waals surface area contributed by atoms with E-state index in [0.29, 0.717) is 19.5 Å². The van der Waals surface area contributed by atoms with Crippen molar-refractivity contribution in [3.05, 3.63) is 54.7 Å². The van der Waals surface area contributed by atoms with Gasteiger partial charge in [-0.1, -0.05) is 18.2 Å². The van der Waals surface area contributed by atoms with Crippen molar-refractivity contribution in [3.63, 3.8) is 0 Å². The summed E-state index contributed by atoms with van der Waals surface area (Å²) in [4.78, 5) is 25.5. The van der Waals surface area contributed by atoms with Crippen molar-refractivity contribution in [3.8, 4) is 5.69 Å². The molecule has 6 heteroatoms. The predicted molar refractivity (Wildman–Crippen MR) is 100 cm³/mol. The molecule has 2 heterocycles. The number of anilines is 1. The van der Waals surface area contributed by atoms with Gasteiger partial charge in [0.05, 0.1) is 23.3 Å². The first-order valence-corrected chi connectivity index (χ1v) is 8.71.